The Hall–Kier alpha value is -2.06. The number of carbonyl (C=O) groups is 3. The van der Waals surface area contributed by atoms with Gasteiger partial charge in [-0.1, -0.05) is 12.1 Å². The van der Waals surface area contributed by atoms with Crippen LogP contribution in [0.3, 0.4) is 0 Å². The summed E-state index contributed by atoms with van der Waals surface area (Å²) in [5, 5.41) is 2.77. The summed E-state index contributed by atoms with van der Waals surface area (Å²) in [5.41, 5.74) is 1.78. The van der Waals surface area contributed by atoms with Crippen LogP contribution in [0.25, 0.3) is 0 Å². The molecule has 0 unspecified atom stereocenters. The lowest BCUT2D eigenvalue weighted by molar-refractivity contribution is -0.151. The summed E-state index contributed by atoms with van der Waals surface area (Å²) in [6.45, 7) is 3.72. The van der Waals surface area contributed by atoms with Crippen LogP contribution in [-0.2, 0) is 23.9 Å². The van der Waals surface area contributed by atoms with E-state index in [1.54, 1.807) is 11.0 Å². The number of morpholine rings is 1. The van der Waals surface area contributed by atoms with Crippen LogP contribution in [0, 0.1) is 6.92 Å². The maximum Gasteiger partial charge on any atom is 0.316 e. The Labute approximate surface area is 151 Å². The molecule has 0 spiro atoms. The molecule has 1 saturated heterocycles. The molecule has 0 aromatic heterocycles. The number of amides is 2. The van der Waals surface area contributed by atoms with Crippen LogP contribution >= 0.6 is 11.8 Å². The molecule has 0 radical (unpaired) electrons. The number of nitrogens with zero attached hydrogens (tertiary/aromatic N) is 1. The minimum absolute atomic E-state index is 0.0254. The lowest BCUT2D eigenvalue weighted by atomic mass is 10.2. The van der Waals surface area contributed by atoms with Gasteiger partial charge in [0.2, 0.25) is 5.91 Å². The largest absolute Gasteiger partial charge is 0.455 e. The summed E-state index contributed by atoms with van der Waals surface area (Å²) in [7, 11) is 0. The van der Waals surface area contributed by atoms with Crippen LogP contribution in [0.5, 0.6) is 0 Å². The fourth-order valence-corrected chi connectivity index (χ4v) is 2.84. The number of hydrogen-bond acceptors (Lipinski definition) is 6. The fraction of sp³-hybridized carbons (Fsp3) is 0.471. The van der Waals surface area contributed by atoms with Gasteiger partial charge in [0.15, 0.2) is 6.61 Å². The van der Waals surface area contributed by atoms with Gasteiger partial charge in [0.1, 0.15) is 0 Å². The SMILES string of the molecule is Cc1cccc(NC(=O)CSCC(=O)OCC(=O)N2CCOCC2)c1. The van der Waals surface area contributed by atoms with Gasteiger partial charge in [0.25, 0.3) is 5.91 Å². The normalized spacial score (nSPS) is 14.0. The van der Waals surface area contributed by atoms with E-state index >= 15 is 0 Å². The van der Waals surface area contributed by atoms with Gasteiger partial charge < -0.3 is 19.7 Å². The molecule has 0 saturated carbocycles. The third kappa shape index (κ3) is 7.15. The first-order chi connectivity index (χ1) is 12.0. The highest BCUT2D eigenvalue weighted by Gasteiger charge is 2.18. The number of carbonyl (C=O) groups excluding carboxylic acids is 3. The molecular weight excluding hydrogens is 344 g/mol. The van der Waals surface area contributed by atoms with Crippen molar-refractivity contribution in [1.29, 1.82) is 0 Å². The van der Waals surface area contributed by atoms with E-state index in [1.165, 1.54) is 0 Å². The van der Waals surface area contributed by atoms with Crippen molar-refractivity contribution < 1.29 is 23.9 Å². The third-order valence-electron chi connectivity index (χ3n) is 3.48. The predicted octanol–water partition coefficient (Wildman–Crippen LogP) is 1.07. The Morgan fingerprint density at radius 1 is 1.24 bits per heavy atom. The lowest BCUT2D eigenvalue weighted by Crippen LogP contribution is -2.42. The number of rotatable bonds is 7. The number of anilines is 1. The van der Waals surface area contributed by atoms with E-state index in [9.17, 15) is 14.4 Å². The lowest BCUT2D eigenvalue weighted by Gasteiger charge is -2.26. The third-order valence-corrected chi connectivity index (χ3v) is 4.38. The van der Waals surface area contributed by atoms with Crippen LogP contribution in [0.15, 0.2) is 24.3 Å². The molecule has 1 aliphatic heterocycles. The molecule has 0 bridgehead atoms. The van der Waals surface area contributed by atoms with Gasteiger partial charge in [0, 0.05) is 18.8 Å². The van der Waals surface area contributed by atoms with Gasteiger partial charge in [-0.25, -0.2) is 0 Å². The van der Waals surface area contributed by atoms with Crippen LogP contribution in [-0.4, -0.2) is 67.1 Å². The number of hydrogen-bond donors (Lipinski definition) is 1. The average Bonchev–Trinajstić information content (AvgIpc) is 2.60. The molecule has 1 aliphatic rings. The molecule has 1 fully saturated rings. The molecule has 136 valence electrons. The van der Waals surface area contributed by atoms with Gasteiger partial charge in [-0.15, -0.1) is 11.8 Å². The second-order valence-electron chi connectivity index (χ2n) is 5.56. The Kier molecular flexibility index (Phi) is 7.75. The molecule has 1 aromatic rings. The molecule has 2 rings (SSSR count). The predicted molar refractivity (Wildman–Crippen MR) is 95.5 cm³/mol. The topological polar surface area (TPSA) is 84.9 Å². The first-order valence-electron chi connectivity index (χ1n) is 8.00. The second kappa shape index (κ2) is 10.0. The number of aryl methyl sites for hydroxylation is 1. The Morgan fingerprint density at radius 3 is 2.72 bits per heavy atom. The second-order valence-corrected chi connectivity index (χ2v) is 6.55. The van der Waals surface area contributed by atoms with Gasteiger partial charge in [-0.05, 0) is 24.6 Å². The number of ether oxygens (including phenoxy) is 2. The van der Waals surface area contributed by atoms with E-state index < -0.39 is 5.97 Å². The fourth-order valence-electron chi connectivity index (χ4n) is 2.23. The number of esters is 1. The van der Waals surface area contributed by atoms with Crippen molar-refractivity contribution in [3.05, 3.63) is 29.8 Å². The first-order valence-corrected chi connectivity index (χ1v) is 9.15. The highest BCUT2D eigenvalue weighted by Crippen LogP contribution is 2.10. The molecule has 7 nitrogen and oxygen atoms in total. The van der Waals surface area contributed by atoms with E-state index in [0.29, 0.717) is 26.3 Å². The van der Waals surface area contributed by atoms with E-state index in [4.69, 9.17) is 9.47 Å². The number of benzene rings is 1. The molecular formula is C17H22N2O5S. The molecule has 1 N–H and O–H groups in total. The maximum absolute atomic E-state index is 11.8. The summed E-state index contributed by atoms with van der Waals surface area (Å²) >= 11 is 1.15. The van der Waals surface area contributed by atoms with E-state index in [-0.39, 0.29) is 29.9 Å². The average molecular weight is 366 g/mol. The monoisotopic (exact) mass is 366 g/mol. The van der Waals surface area contributed by atoms with Crippen LogP contribution in [0.4, 0.5) is 5.69 Å². The number of thioether (sulfide) groups is 1. The molecule has 1 heterocycles. The van der Waals surface area contributed by atoms with Crippen LogP contribution in [0.1, 0.15) is 5.56 Å². The molecule has 0 aliphatic carbocycles. The van der Waals surface area contributed by atoms with Crippen molar-refractivity contribution in [2.45, 2.75) is 6.92 Å². The van der Waals surface area contributed by atoms with Crippen molar-refractivity contribution >= 4 is 35.2 Å². The summed E-state index contributed by atoms with van der Waals surface area (Å²) < 4.78 is 10.1. The molecule has 0 atom stereocenters. The van der Waals surface area contributed by atoms with Crippen LogP contribution in [0.2, 0.25) is 0 Å². The van der Waals surface area contributed by atoms with Crippen molar-refractivity contribution in [3.8, 4) is 0 Å². The highest BCUT2D eigenvalue weighted by atomic mass is 32.2. The van der Waals surface area contributed by atoms with Gasteiger partial charge in [0.05, 0.1) is 24.7 Å². The molecule has 1 aromatic carbocycles. The van der Waals surface area contributed by atoms with Crippen molar-refractivity contribution in [1.82, 2.24) is 4.90 Å². The Bertz CT molecular complexity index is 617. The minimum Gasteiger partial charge on any atom is -0.455 e. The van der Waals surface area contributed by atoms with E-state index in [0.717, 1.165) is 23.0 Å². The summed E-state index contributed by atoms with van der Waals surface area (Å²) in [6, 6.07) is 7.48. The number of nitrogens with one attached hydrogen (secondary N) is 1. The van der Waals surface area contributed by atoms with Gasteiger partial charge in [-0.3, -0.25) is 14.4 Å². The Balaban J connectivity index is 1.59. The smallest absolute Gasteiger partial charge is 0.316 e. The molecule has 2 amide bonds. The van der Waals surface area contributed by atoms with Crippen molar-refractivity contribution in [2.75, 3.05) is 49.7 Å². The van der Waals surface area contributed by atoms with Gasteiger partial charge in [-0.2, -0.15) is 0 Å². The standard InChI is InChI=1S/C17H22N2O5S/c1-13-3-2-4-14(9-13)18-15(20)11-25-12-17(22)24-10-16(21)19-5-7-23-8-6-19/h2-4,9H,5-8,10-12H2,1H3,(H,18,20). The zero-order chi connectivity index (χ0) is 18.1. The maximum atomic E-state index is 11.8. The zero-order valence-electron chi connectivity index (χ0n) is 14.2. The van der Waals surface area contributed by atoms with E-state index in [2.05, 4.69) is 5.32 Å². The summed E-state index contributed by atoms with van der Waals surface area (Å²) in [4.78, 5) is 36.9. The first kappa shape index (κ1) is 19.3. The quantitative estimate of drug-likeness (QED) is 0.727. The van der Waals surface area contributed by atoms with Crippen molar-refractivity contribution in [3.63, 3.8) is 0 Å². The molecule has 25 heavy (non-hydrogen) atoms. The highest BCUT2D eigenvalue weighted by molar-refractivity contribution is 8.00. The van der Waals surface area contributed by atoms with E-state index in [1.807, 2.05) is 25.1 Å². The molecule has 8 heteroatoms. The Morgan fingerprint density at radius 2 is 2.00 bits per heavy atom. The van der Waals surface area contributed by atoms with Crippen molar-refractivity contribution in [2.24, 2.45) is 0 Å². The summed E-state index contributed by atoms with van der Waals surface area (Å²) in [5.74, 6) is -0.750. The zero-order valence-corrected chi connectivity index (χ0v) is 15.0. The summed E-state index contributed by atoms with van der Waals surface area (Å²) in [6.07, 6.45) is 0. The van der Waals surface area contributed by atoms with Gasteiger partial charge >= 0.3 is 5.97 Å². The van der Waals surface area contributed by atoms with Crippen LogP contribution < -0.4 is 5.32 Å². The minimum atomic E-state index is -0.505.